The Morgan fingerprint density at radius 1 is 1.43 bits per heavy atom. The van der Waals surface area contributed by atoms with Crippen LogP contribution in [0.2, 0.25) is 0 Å². The van der Waals surface area contributed by atoms with Crippen molar-refractivity contribution in [3.63, 3.8) is 0 Å². The van der Waals surface area contributed by atoms with E-state index in [1.807, 2.05) is 13.8 Å². The molecule has 4 heteroatoms. The Labute approximate surface area is 89.4 Å². The maximum atomic E-state index is 11.9. The fourth-order valence-corrected chi connectivity index (χ4v) is 1.56. The molecule has 0 aromatic carbocycles. The summed E-state index contributed by atoms with van der Waals surface area (Å²) >= 11 is 5.72. The van der Waals surface area contributed by atoms with Crippen molar-refractivity contribution in [3.05, 3.63) is 0 Å². The number of nitrogens with zero attached hydrogens (tertiary/aromatic N) is 1. The van der Waals surface area contributed by atoms with Crippen LogP contribution in [-0.2, 0) is 9.59 Å². The van der Waals surface area contributed by atoms with E-state index in [1.165, 1.54) is 0 Å². The first kappa shape index (κ1) is 11.5. The van der Waals surface area contributed by atoms with Crippen molar-refractivity contribution in [2.75, 3.05) is 19.0 Å². The Bertz CT molecular complexity index is 241. The molecule has 0 aromatic rings. The van der Waals surface area contributed by atoms with E-state index in [0.29, 0.717) is 31.8 Å². The van der Waals surface area contributed by atoms with Crippen LogP contribution in [-0.4, -0.2) is 35.6 Å². The number of Topliss-reactive ketones (excluding diaryl/α,β-unsaturated/α-hetero) is 1. The summed E-state index contributed by atoms with van der Waals surface area (Å²) in [7, 11) is 0. The summed E-state index contributed by atoms with van der Waals surface area (Å²) in [6.07, 6.45) is 0.980. The summed E-state index contributed by atoms with van der Waals surface area (Å²) < 4.78 is 0. The molecular formula is C10H16ClNO2. The van der Waals surface area contributed by atoms with E-state index in [4.69, 9.17) is 11.6 Å². The monoisotopic (exact) mass is 217 g/mol. The van der Waals surface area contributed by atoms with Gasteiger partial charge in [-0.2, -0.15) is 0 Å². The molecule has 0 N–H and O–H groups in total. The molecule has 0 atom stereocenters. The first-order valence-electron chi connectivity index (χ1n) is 4.84. The number of carbonyl (C=O) groups excluding carboxylic acids is 2. The number of ketones is 1. The van der Waals surface area contributed by atoms with Gasteiger partial charge in [0.05, 0.1) is 5.41 Å². The first-order valence-corrected chi connectivity index (χ1v) is 5.38. The maximum absolute atomic E-state index is 11.9. The second kappa shape index (κ2) is 4.30. The smallest absolute Gasteiger partial charge is 0.229 e. The molecule has 80 valence electrons. The van der Waals surface area contributed by atoms with Crippen molar-refractivity contribution in [1.82, 2.24) is 4.90 Å². The molecule has 0 unspecified atom stereocenters. The van der Waals surface area contributed by atoms with Gasteiger partial charge < -0.3 is 4.90 Å². The van der Waals surface area contributed by atoms with Crippen LogP contribution in [0.3, 0.4) is 0 Å². The number of hydrogen-bond acceptors (Lipinski definition) is 2. The normalized spacial score (nSPS) is 18.5. The number of carbonyl (C=O) groups is 2. The summed E-state index contributed by atoms with van der Waals surface area (Å²) in [5, 5.41) is 0. The molecule has 0 saturated carbocycles. The summed E-state index contributed by atoms with van der Waals surface area (Å²) in [4.78, 5) is 24.6. The SMILES string of the molecule is CC(C)(CCl)C(=O)N1CCC(=O)CC1. The van der Waals surface area contributed by atoms with Gasteiger partial charge in [0.1, 0.15) is 5.78 Å². The second-order valence-electron chi connectivity index (χ2n) is 4.35. The predicted molar refractivity (Wildman–Crippen MR) is 55.3 cm³/mol. The largest absolute Gasteiger partial charge is 0.341 e. The van der Waals surface area contributed by atoms with Crippen molar-refractivity contribution in [1.29, 1.82) is 0 Å². The van der Waals surface area contributed by atoms with Crippen LogP contribution in [0.1, 0.15) is 26.7 Å². The number of likely N-dealkylation sites (tertiary alicyclic amines) is 1. The van der Waals surface area contributed by atoms with Gasteiger partial charge in [-0.05, 0) is 13.8 Å². The third-order valence-corrected chi connectivity index (χ3v) is 3.19. The quantitative estimate of drug-likeness (QED) is 0.657. The molecule has 1 amide bonds. The van der Waals surface area contributed by atoms with E-state index in [1.54, 1.807) is 4.90 Å². The molecule has 1 fully saturated rings. The van der Waals surface area contributed by atoms with Gasteiger partial charge in [0.25, 0.3) is 0 Å². The fraction of sp³-hybridized carbons (Fsp3) is 0.800. The number of hydrogen-bond donors (Lipinski definition) is 0. The summed E-state index contributed by atoms with van der Waals surface area (Å²) in [5.41, 5.74) is -0.512. The zero-order valence-electron chi connectivity index (χ0n) is 8.68. The molecule has 1 saturated heterocycles. The summed E-state index contributed by atoms with van der Waals surface area (Å²) in [6.45, 7) is 4.77. The van der Waals surface area contributed by atoms with Gasteiger partial charge in [0, 0.05) is 31.8 Å². The molecule has 0 bridgehead atoms. The van der Waals surface area contributed by atoms with E-state index in [9.17, 15) is 9.59 Å². The van der Waals surface area contributed by atoms with E-state index in [0.717, 1.165) is 0 Å². The molecule has 14 heavy (non-hydrogen) atoms. The van der Waals surface area contributed by atoms with E-state index >= 15 is 0 Å². The van der Waals surface area contributed by atoms with Crippen LogP contribution in [0.5, 0.6) is 0 Å². The van der Waals surface area contributed by atoms with Crippen molar-refractivity contribution in [2.24, 2.45) is 5.41 Å². The summed E-state index contributed by atoms with van der Waals surface area (Å²) in [5.74, 6) is 0.619. The Morgan fingerprint density at radius 2 is 1.93 bits per heavy atom. The number of halogens is 1. The Morgan fingerprint density at radius 3 is 2.36 bits per heavy atom. The number of rotatable bonds is 2. The third kappa shape index (κ3) is 2.47. The van der Waals surface area contributed by atoms with Crippen LogP contribution in [0.15, 0.2) is 0 Å². The molecule has 0 radical (unpaired) electrons. The van der Waals surface area contributed by atoms with Crippen LogP contribution in [0, 0.1) is 5.41 Å². The minimum atomic E-state index is -0.512. The minimum absolute atomic E-state index is 0.0556. The molecule has 3 nitrogen and oxygen atoms in total. The van der Waals surface area contributed by atoms with E-state index < -0.39 is 5.41 Å². The Hall–Kier alpha value is -0.570. The lowest BCUT2D eigenvalue weighted by molar-refractivity contribution is -0.141. The number of piperidine rings is 1. The van der Waals surface area contributed by atoms with Gasteiger partial charge in [0.2, 0.25) is 5.91 Å². The van der Waals surface area contributed by atoms with Gasteiger partial charge in [-0.25, -0.2) is 0 Å². The molecular weight excluding hydrogens is 202 g/mol. The zero-order valence-corrected chi connectivity index (χ0v) is 9.43. The lowest BCUT2D eigenvalue weighted by Gasteiger charge is -2.32. The number of amides is 1. The second-order valence-corrected chi connectivity index (χ2v) is 4.62. The highest BCUT2D eigenvalue weighted by atomic mass is 35.5. The van der Waals surface area contributed by atoms with Gasteiger partial charge in [0.15, 0.2) is 0 Å². The van der Waals surface area contributed by atoms with E-state index in [-0.39, 0.29) is 11.7 Å². The minimum Gasteiger partial charge on any atom is -0.341 e. The zero-order chi connectivity index (χ0) is 10.8. The fourth-order valence-electron chi connectivity index (χ4n) is 1.44. The molecule has 1 heterocycles. The van der Waals surface area contributed by atoms with Crippen molar-refractivity contribution >= 4 is 23.3 Å². The highest BCUT2D eigenvalue weighted by molar-refractivity contribution is 6.19. The van der Waals surface area contributed by atoms with Crippen molar-refractivity contribution < 1.29 is 9.59 Å². The highest BCUT2D eigenvalue weighted by Gasteiger charge is 2.32. The molecule has 0 aliphatic carbocycles. The first-order chi connectivity index (χ1) is 6.47. The van der Waals surface area contributed by atoms with Crippen LogP contribution in [0.4, 0.5) is 0 Å². The predicted octanol–water partition coefficient (Wildman–Crippen LogP) is 1.44. The molecule has 1 aliphatic heterocycles. The van der Waals surface area contributed by atoms with Crippen LogP contribution >= 0.6 is 11.6 Å². The standard InChI is InChI=1S/C10H16ClNO2/c1-10(2,7-11)9(14)12-5-3-8(13)4-6-12/h3-7H2,1-2H3. The van der Waals surface area contributed by atoms with Crippen LogP contribution in [0.25, 0.3) is 0 Å². The Kier molecular flexibility index (Phi) is 3.53. The maximum Gasteiger partial charge on any atom is 0.229 e. The average Bonchev–Trinajstić information content (AvgIpc) is 2.18. The highest BCUT2D eigenvalue weighted by Crippen LogP contribution is 2.22. The number of alkyl halides is 1. The van der Waals surface area contributed by atoms with Crippen molar-refractivity contribution in [2.45, 2.75) is 26.7 Å². The molecule has 1 rings (SSSR count). The molecule has 0 spiro atoms. The van der Waals surface area contributed by atoms with Crippen LogP contribution < -0.4 is 0 Å². The lowest BCUT2D eigenvalue weighted by atomic mass is 9.93. The van der Waals surface area contributed by atoms with Gasteiger partial charge in [-0.1, -0.05) is 0 Å². The van der Waals surface area contributed by atoms with E-state index in [2.05, 4.69) is 0 Å². The molecule has 0 aromatic heterocycles. The summed E-state index contributed by atoms with van der Waals surface area (Å²) in [6, 6.07) is 0. The molecule has 1 aliphatic rings. The third-order valence-electron chi connectivity index (χ3n) is 2.52. The average molecular weight is 218 g/mol. The van der Waals surface area contributed by atoms with Gasteiger partial charge in [-0.15, -0.1) is 11.6 Å². The Balaban J connectivity index is 2.58. The van der Waals surface area contributed by atoms with Gasteiger partial charge >= 0.3 is 0 Å². The van der Waals surface area contributed by atoms with Gasteiger partial charge in [-0.3, -0.25) is 9.59 Å². The lowest BCUT2D eigenvalue weighted by Crippen LogP contribution is -2.46. The topological polar surface area (TPSA) is 37.4 Å². The van der Waals surface area contributed by atoms with Crippen molar-refractivity contribution in [3.8, 4) is 0 Å².